The zero-order valence-electron chi connectivity index (χ0n) is 11.4. The lowest BCUT2D eigenvalue weighted by Crippen LogP contribution is -2.13. The van der Waals surface area contributed by atoms with Crippen molar-refractivity contribution in [2.75, 3.05) is 19.0 Å². The van der Waals surface area contributed by atoms with Crippen LogP contribution in [0.4, 0.5) is 9.93 Å². The number of carbonyl (C=O) groups is 1. The Hall–Kier alpha value is -2.08. The van der Waals surface area contributed by atoms with Crippen molar-refractivity contribution >= 4 is 22.6 Å². The Morgan fingerprint density at radius 3 is 2.95 bits per heavy atom. The van der Waals surface area contributed by atoms with Crippen LogP contribution in [0.2, 0.25) is 0 Å². The quantitative estimate of drug-likeness (QED) is 0.911. The van der Waals surface area contributed by atoms with Gasteiger partial charge in [0.25, 0.3) is 0 Å². The third-order valence-corrected chi connectivity index (χ3v) is 3.29. The summed E-state index contributed by atoms with van der Waals surface area (Å²) in [6.07, 6.45) is 0.311. The van der Waals surface area contributed by atoms with E-state index in [9.17, 15) is 4.79 Å². The number of carbonyl (C=O) groups excluding carboxylic acids is 1. The maximum atomic E-state index is 11.4. The van der Waals surface area contributed by atoms with Crippen LogP contribution in [0.25, 0.3) is 11.3 Å². The van der Waals surface area contributed by atoms with E-state index < -0.39 is 6.09 Å². The largest absolute Gasteiger partial charge is 0.496 e. The molecule has 0 radical (unpaired) electrons. The molecule has 20 heavy (non-hydrogen) atoms. The van der Waals surface area contributed by atoms with Crippen molar-refractivity contribution in [1.29, 1.82) is 0 Å². The van der Waals surface area contributed by atoms with E-state index in [4.69, 9.17) is 9.47 Å². The number of nitrogens with one attached hydrogen (secondary N) is 1. The molecule has 0 aliphatic rings. The molecule has 0 saturated carbocycles. The van der Waals surface area contributed by atoms with Crippen LogP contribution in [-0.2, 0) is 4.74 Å². The highest BCUT2D eigenvalue weighted by Gasteiger charge is 2.11. The van der Waals surface area contributed by atoms with Gasteiger partial charge in [-0.2, -0.15) is 0 Å². The van der Waals surface area contributed by atoms with Crippen molar-refractivity contribution in [3.8, 4) is 17.0 Å². The van der Waals surface area contributed by atoms with Crippen molar-refractivity contribution in [3.63, 3.8) is 0 Å². The maximum absolute atomic E-state index is 11.4. The number of ether oxygens (including phenoxy) is 2. The Balaban J connectivity index is 2.10. The molecule has 1 amide bonds. The Morgan fingerprint density at radius 2 is 2.20 bits per heavy atom. The molecule has 5 nitrogen and oxygen atoms in total. The smallest absolute Gasteiger partial charge is 0.413 e. The molecule has 106 valence electrons. The molecule has 0 atom stereocenters. The fourth-order valence-corrected chi connectivity index (χ4v) is 2.33. The third-order valence-electron chi connectivity index (χ3n) is 2.53. The highest BCUT2D eigenvalue weighted by Crippen LogP contribution is 2.31. The standard InChI is InChI=1S/C14H16N2O3S/c1-3-8-19-14(17)16-13-15-11(9-20-13)10-6-4-5-7-12(10)18-2/h4-7,9H,3,8H2,1-2H3,(H,15,16,17). The number of para-hydroxylation sites is 1. The molecule has 1 aromatic carbocycles. The Labute approximate surface area is 121 Å². The van der Waals surface area contributed by atoms with E-state index in [1.165, 1.54) is 11.3 Å². The van der Waals surface area contributed by atoms with Gasteiger partial charge in [-0.25, -0.2) is 9.78 Å². The second-order valence-electron chi connectivity index (χ2n) is 4.00. The predicted molar refractivity (Wildman–Crippen MR) is 79.4 cm³/mol. The highest BCUT2D eigenvalue weighted by atomic mass is 32.1. The first kappa shape index (κ1) is 14.3. The topological polar surface area (TPSA) is 60.5 Å². The van der Waals surface area contributed by atoms with Gasteiger partial charge in [-0.15, -0.1) is 11.3 Å². The minimum Gasteiger partial charge on any atom is -0.496 e. The minimum absolute atomic E-state index is 0.399. The minimum atomic E-state index is -0.479. The van der Waals surface area contributed by atoms with Gasteiger partial charge in [0.15, 0.2) is 5.13 Å². The van der Waals surface area contributed by atoms with Gasteiger partial charge in [-0.05, 0) is 18.6 Å². The molecule has 0 aliphatic carbocycles. The predicted octanol–water partition coefficient (Wildman–Crippen LogP) is 3.78. The fraction of sp³-hybridized carbons (Fsp3) is 0.286. The Morgan fingerprint density at radius 1 is 1.40 bits per heavy atom. The summed E-state index contributed by atoms with van der Waals surface area (Å²) in [5.41, 5.74) is 1.65. The molecule has 0 fully saturated rings. The molecule has 0 aliphatic heterocycles. The molecular formula is C14H16N2O3S. The summed E-state index contributed by atoms with van der Waals surface area (Å²) in [4.78, 5) is 15.8. The number of nitrogens with zero attached hydrogens (tertiary/aromatic N) is 1. The van der Waals surface area contributed by atoms with Gasteiger partial charge >= 0.3 is 6.09 Å². The highest BCUT2D eigenvalue weighted by molar-refractivity contribution is 7.14. The molecule has 0 unspecified atom stereocenters. The van der Waals surface area contributed by atoms with Crippen molar-refractivity contribution < 1.29 is 14.3 Å². The zero-order valence-corrected chi connectivity index (χ0v) is 12.2. The second kappa shape index (κ2) is 6.91. The number of hydrogen-bond donors (Lipinski definition) is 1. The Kier molecular flexibility index (Phi) is 4.95. The summed E-state index contributed by atoms with van der Waals surface area (Å²) in [6.45, 7) is 2.34. The van der Waals surface area contributed by atoms with Crippen LogP contribution in [0.15, 0.2) is 29.6 Å². The van der Waals surface area contributed by atoms with Gasteiger partial charge in [-0.3, -0.25) is 5.32 Å². The van der Waals surface area contributed by atoms with Crippen LogP contribution in [0.5, 0.6) is 5.75 Å². The lowest BCUT2D eigenvalue weighted by Gasteiger charge is -2.05. The molecule has 1 N–H and O–H groups in total. The lowest BCUT2D eigenvalue weighted by atomic mass is 10.1. The number of hydrogen-bond acceptors (Lipinski definition) is 5. The van der Waals surface area contributed by atoms with Crippen LogP contribution in [-0.4, -0.2) is 24.8 Å². The lowest BCUT2D eigenvalue weighted by molar-refractivity contribution is 0.161. The van der Waals surface area contributed by atoms with Gasteiger partial charge in [0.05, 0.1) is 19.4 Å². The summed E-state index contributed by atoms with van der Waals surface area (Å²) in [5.74, 6) is 0.748. The van der Waals surface area contributed by atoms with E-state index in [0.29, 0.717) is 11.7 Å². The van der Waals surface area contributed by atoms with E-state index in [1.54, 1.807) is 7.11 Å². The number of aromatic nitrogens is 1. The summed E-state index contributed by atoms with van der Waals surface area (Å²) in [7, 11) is 1.62. The molecule has 1 aromatic heterocycles. The Bertz CT molecular complexity index is 583. The van der Waals surface area contributed by atoms with E-state index in [1.807, 2.05) is 36.6 Å². The van der Waals surface area contributed by atoms with Crippen LogP contribution in [0, 0.1) is 0 Å². The van der Waals surface area contributed by atoms with Crippen molar-refractivity contribution in [1.82, 2.24) is 4.98 Å². The summed E-state index contributed by atoms with van der Waals surface area (Å²) >= 11 is 1.35. The molecule has 2 rings (SSSR count). The fourth-order valence-electron chi connectivity index (χ4n) is 1.63. The zero-order chi connectivity index (χ0) is 14.4. The third kappa shape index (κ3) is 3.48. The van der Waals surface area contributed by atoms with Crippen LogP contribution in [0.1, 0.15) is 13.3 Å². The normalized spacial score (nSPS) is 10.1. The molecule has 6 heteroatoms. The van der Waals surface area contributed by atoms with Crippen LogP contribution >= 0.6 is 11.3 Å². The molecule has 2 aromatic rings. The van der Waals surface area contributed by atoms with E-state index in [0.717, 1.165) is 23.4 Å². The van der Waals surface area contributed by atoms with Gasteiger partial charge in [0, 0.05) is 10.9 Å². The number of thiazole rings is 1. The summed E-state index contributed by atoms with van der Waals surface area (Å²) < 4.78 is 10.2. The molecule has 0 bridgehead atoms. The summed E-state index contributed by atoms with van der Waals surface area (Å²) in [6, 6.07) is 7.61. The second-order valence-corrected chi connectivity index (χ2v) is 4.86. The van der Waals surface area contributed by atoms with E-state index in [2.05, 4.69) is 10.3 Å². The SMILES string of the molecule is CCCOC(=O)Nc1nc(-c2ccccc2OC)cs1. The number of anilines is 1. The maximum Gasteiger partial charge on any atom is 0.413 e. The number of benzene rings is 1. The first-order valence-electron chi connectivity index (χ1n) is 6.27. The first-order valence-corrected chi connectivity index (χ1v) is 7.15. The van der Waals surface area contributed by atoms with Gasteiger partial charge < -0.3 is 9.47 Å². The average Bonchev–Trinajstić information content (AvgIpc) is 2.93. The summed E-state index contributed by atoms with van der Waals surface area (Å²) in [5, 5.41) is 4.98. The van der Waals surface area contributed by atoms with Gasteiger partial charge in [0.1, 0.15) is 5.75 Å². The monoisotopic (exact) mass is 292 g/mol. The number of methoxy groups -OCH3 is 1. The van der Waals surface area contributed by atoms with Crippen LogP contribution < -0.4 is 10.1 Å². The van der Waals surface area contributed by atoms with Crippen molar-refractivity contribution in [2.24, 2.45) is 0 Å². The van der Waals surface area contributed by atoms with Crippen molar-refractivity contribution in [2.45, 2.75) is 13.3 Å². The van der Waals surface area contributed by atoms with Gasteiger partial charge in [0.2, 0.25) is 0 Å². The number of rotatable bonds is 5. The molecule has 0 saturated heterocycles. The number of amides is 1. The molecular weight excluding hydrogens is 276 g/mol. The molecule has 1 heterocycles. The average molecular weight is 292 g/mol. The van der Waals surface area contributed by atoms with E-state index >= 15 is 0 Å². The van der Waals surface area contributed by atoms with Gasteiger partial charge in [-0.1, -0.05) is 19.1 Å². The van der Waals surface area contributed by atoms with Crippen LogP contribution in [0.3, 0.4) is 0 Å². The first-order chi connectivity index (χ1) is 9.74. The molecule has 0 spiro atoms. The van der Waals surface area contributed by atoms with E-state index in [-0.39, 0.29) is 0 Å². The van der Waals surface area contributed by atoms with Crippen molar-refractivity contribution in [3.05, 3.63) is 29.6 Å².